The Hall–Kier alpha value is -3.26. The molecule has 0 saturated heterocycles. The third kappa shape index (κ3) is 4.65. The highest BCUT2D eigenvalue weighted by atomic mass is 16.5. The van der Waals surface area contributed by atoms with E-state index in [0.29, 0.717) is 46.6 Å². The van der Waals surface area contributed by atoms with Crippen LogP contribution >= 0.6 is 0 Å². The van der Waals surface area contributed by atoms with E-state index in [-0.39, 0.29) is 5.56 Å². The van der Waals surface area contributed by atoms with E-state index >= 15 is 0 Å². The van der Waals surface area contributed by atoms with Crippen LogP contribution < -0.4 is 30.4 Å². The lowest BCUT2D eigenvalue weighted by atomic mass is 10.1. The molecule has 0 atom stereocenters. The van der Waals surface area contributed by atoms with Gasteiger partial charge in [-0.15, -0.1) is 0 Å². The first-order valence-electron chi connectivity index (χ1n) is 9.78. The number of aromatic amines is 1. The van der Waals surface area contributed by atoms with Gasteiger partial charge in [-0.3, -0.25) is 4.79 Å². The molecule has 0 aliphatic heterocycles. The zero-order chi connectivity index (χ0) is 21.7. The third-order valence-corrected chi connectivity index (χ3v) is 4.68. The van der Waals surface area contributed by atoms with E-state index in [1.165, 1.54) is 7.11 Å². The Kier molecular flexibility index (Phi) is 6.79. The van der Waals surface area contributed by atoms with E-state index in [1.807, 2.05) is 18.2 Å². The van der Waals surface area contributed by atoms with Crippen LogP contribution in [0, 0.1) is 0 Å². The van der Waals surface area contributed by atoms with E-state index in [9.17, 15) is 4.79 Å². The van der Waals surface area contributed by atoms with Gasteiger partial charge in [0.25, 0.3) is 5.56 Å². The minimum Gasteiger partial charge on any atom is -0.497 e. The van der Waals surface area contributed by atoms with Crippen LogP contribution in [0.1, 0.15) is 13.8 Å². The average molecular weight is 412 g/mol. The molecule has 0 aliphatic rings. The molecule has 8 heteroatoms. The summed E-state index contributed by atoms with van der Waals surface area (Å²) < 4.78 is 16.0. The molecule has 0 amide bonds. The number of anilines is 1. The fourth-order valence-corrected chi connectivity index (χ4v) is 3.18. The molecule has 0 radical (unpaired) electrons. The molecular weight excluding hydrogens is 384 g/mol. The Bertz CT molecular complexity index is 1080. The molecule has 160 valence electrons. The molecule has 0 bridgehead atoms. The summed E-state index contributed by atoms with van der Waals surface area (Å²) in [4.78, 5) is 20.4. The number of ether oxygens (including phenoxy) is 3. The maximum atomic E-state index is 12.9. The SMILES string of the molecule is COc1ccc(-c2nc3cc(OC)cc(OC)c3c(=O)[nH]2)c(NCCNC(C)C)c1. The summed E-state index contributed by atoms with van der Waals surface area (Å²) in [6, 6.07) is 9.39. The van der Waals surface area contributed by atoms with Crippen molar-refractivity contribution in [2.75, 3.05) is 39.7 Å². The lowest BCUT2D eigenvalue weighted by Gasteiger charge is -2.15. The van der Waals surface area contributed by atoms with Gasteiger partial charge in [0.15, 0.2) is 0 Å². The topological polar surface area (TPSA) is 97.5 Å². The number of benzene rings is 2. The van der Waals surface area contributed by atoms with E-state index in [4.69, 9.17) is 14.2 Å². The molecule has 0 fully saturated rings. The van der Waals surface area contributed by atoms with Crippen molar-refractivity contribution in [3.8, 4) is 28.6 Å². The number of methoxy groups -OCH3 is 3. The van der Waals surface area contributed by atoms with Gasteiger partial charge in [0, 0.05) is 48.6 Å². The molecule has 3 rings (SSSR count). The van der Waals surface area contributed by atoms with Gasteiger partial charge in [-0.05, 0) is 12.1 Å². The number of rotatable bonds is 9. The first kappa shape index (κ1) is 21.4. The van der Waals surface area contributed by atoms with Gasteiger partial charge in [0.1, 0.15) is 28.5 Å². The Balaban J connectivity index is 2.06. The third-order valence-electron chi connectivity index (χ3n) is 4.68. The van der Waals surface area contributed by atoms with Crippen LogP contribution in [0.25, 0.3) is 22.3 Å². The normalized spacial score (nSPS) is 11.0. The number of H-pyrrole nitrogens is 1. The molecule has 1 aromatic heterocycles. The van der Waals surface area contributed by atoms with Crippen molar-refractivity contribution in [2.45, 2.75) is 19.9 Å². The fourth-order valence-electron chi connectivity index (χ4n) is 3.18. The summed E-state index contributed by atoms with van der Waals surface area (Å²) >= 11 is 0. The van der Waals surface area contributed by atoms with E-state index in [0.717, 1.165) is 17.8 Å². The highest BCUT2D eigenvalue weighted by molar-refractivity contribution is 5.88. The first-order chi connectivity index (χ1) is 14.5. The van der Waals surface area contributed by atoms with Crippen LogP contribution in [0.3, 0.4) is 0 Å². The lowest BCUT2D eigenvalue weighted by molar-refractivity contribution is 0.397. The summed E-state index contributed by atoms with van der Waals surface area (Å²) in [6.45, 7) is 5.70. The summed E-state index contributed by atoms with van der Waals surface area (Å²) in [5, 5.41) is 7.15. The van der Waals surface area contributed by atoms with E-state index < -0.39 is 0 Å². The second-order valence-electron chi connectivity index (χ2n) is 7.09. The van der Waals surface area contributed by atoms with Crippen molar-refractivity contribution in [1.82, 2.24) is 15.3 Å². The predicted molar refractivity (Wildman–Crippen MR) is 119 cm³/mol. The summed E-state index contributed by atoms with van der Waals surface area (Å²) in [6.07, 6.45) is 0. The molecule has 3 N–H and O–H groups in total. The van der Waals surface area contributed by atoms with Gasteiger partial charge in [-0.1, -0.05) is 13.8 Å². The van der Waals surface area contributed by atoms with Crippen molar-refractivity contribution < 1.29 is 14.2 Å². The highest BCUT2D eigenvalue weighted by Crippen LogP contribution is 2.32. The van der Waals surface area contributed by atoms with Crippen LogP contribution in [-0.2, 0) is 0 Å². The second kappa shape index (κ2) is 9.49. The molecule has 30 heavy (non-hydrogen) atoms. The summed E-state index contributed by atoms with van der Waals surface area (Å²) in [7, 11) is 4.69. The zero-order valence-corrected chi connectivity index (χ0v) is 18.0. The van der Waals surface area contributed by atoms with Crippen molar-refractivity contribution in [2.24, 2.45) is 0 Å². The number of aromatic nitrogens is 2. The lowest BCUT2D eigenvalue weighted by Crippen LogP contribution is -2.28. The van der Waals surface area contributed by atoms with Crippen LogP contribution in [0.2, 0.25) is 0 Å². The minimum absolute atomic E-state index is 0.280. The monoisotopic (exact) mass is 412 g/mol. The Morgan fingerprint density at radius 2 is 1.77 bits per heavy atom. The van der Waals surface area contributed by atoms with Crippen LogP contribution in [-0.4, -0.2) is 50.4 Å². The standard InChI is InChI=1S/C22H28N4O4/c1-13(2)23-8-9-24-17-10-14(28-3)6-7-16(17)21-25-18-11-15(29-4)12-19(30-5)20(18)22(27)26-21/h6-7,10-13,23-24H,8-9H2,1-5H3,(H,25,26,27). The van der Waals surface area contributed by atoms with Crippen molar-refractivity contribution >= 4 is 16.6 Å². The second-order valence-corrected chi connectivity index (χ2v) is 7.09. The number of hydrogen-bond acceptors (Lipinski definition) is 7. The number of nitrogens with zero attached hydrogens (tertiary/aromatic N) is 1. The fraction of sp³-hybridized carbons (Fsp3) is 0.364. The molecule has 1 heterocycles. The molecule has 2 aromatic carbocycles. The van der Waals surface area contributed by atoms with Crippen LogP contribution in [0.4, 0.5) is 5.69 Å². The maximum Gasteiger partial charge on any atom is 0.262 e. The minimum atomic E-state index is -0.280. The molecule has 3 aromatic rings. The smallest absolute Gasteiger partial charge is 0.262 e. The molecule has 0 spiro atoms. The van der Waals surface area contributed by atoms with Crippen LogP contribution in [0.5, 0.6) is 17.2 Å². The summed E-state index contributed by atoms with van der Waals surface area (Å²) in [5.74, 6) is 2.14. The summed E-state index contributed by atoms with van der Waals surface area (Å²) in [5.41, 5.74) is 1.80. The molecule has 8 nitrogen and oxygen atoms in total. The van der Waals surface area contributed by atoms with Gasteiger partial charge in [-0.2, -0.15) is 0 Å². The largest absolute Gasteiger partial charge is 0.497 e. The van der Waals surface area contributed by atoms with Crippen LogP contribution in [0.15, 0.2) is 35.1 Å². The maximum absolute atomic E-state index is 12.9. The Labute approximate surface area is 175 Å². The Morgan fingerprint density at radius 3 is 2.43 bits per heavy atom. The zero-order valence-electron chi connectivity index (χ0n) is 18.0. The number of hydrogen-bond donors (Lipinski definition) is 3. The molecule has 0 unspecified atom stereocenters. The predicted octanol–water partition coefficient (Wildman–Crippen LogP) is 3.03. The van der Waals surface area contributed by atoms with Gasteiger partial charge < -0.3 is 29.8 Å². The number of fused-ring (bicyclic) bond motifs is 1. The van der Waals surface area contributed by atoms with E-state index in [2.05, 4.69) is 34.4 Å². The molecular formula is C22H28N4O4. The number of nitrogens with one attached hydrogen (secondary N) is 3. The van der Waals surface area contributed by atoms with Crippen molar-refractivity contribution in [3.63, 3.8) is 0 Å². The quantitative estimate of drug-likeness (QED) is 0.465. The first-order valence-corrected chi connectivity index (χ1v) is 9.78. The van der Waals surface area contributed by atoms with Gasteiger partial charge in [0.2, 0.25) is 0 Å². The van der Waals surface area contributed by atoms with Gasteiger partial charge in [0.05, 0.1) is 26.8 Å². The van der Waals surface area contributed by atoms with Gasteiger partial charge in [-0.25, -0.2) is 4.98 Å². The highest BCUT2D eigenvalue weighted by Gasteiger charge is 2.15. The molecule has 0 aliphatic carbocycles. The van der Waals surface area contributed by atoms with Crippen molar-refractivity contribution in [3.05, 3.63) is 40.7 Å². The van der Waals surface area contributed by atoms with Crippen molar-refractivity contribution in [1.29, 1.82) is 0 Å². The average Bonchev–Trinajstić information content (AvgIpc) is 2.75. The van der Waals surface area contributed by atoms with Gasteiger partial charge >= 0.3 is 0 Å². The Morgan fingerprint density at radius 1 is 1.00 bits per heavy atom. The molecule has 0 saturated carbocycles. The van der Waals surface area contributed by atoms with E-state index in [1.54, 1.807) is 26.4 Å².